The summed E-state index contributed by atoms with van der Waals surface area (Å²) >= 11 is 0. The molecule has 8 heteroatoms. The van der Waals surface area contributed by atoms with Gasteiger partial charge in [-0.3, -0.25) is 19.2 Å². The number of rotatable bonds is 6. The third-order valence-corrected chi connectivity index (χ3v) is 8.76. The number of ether oxygens (including phenoxy) is 2. The van der Waals surface area contributed by atoms with Crippen molar-refractivity contribution in [2.45, 2.75) is 90.0 Å². The number of terminal acetylenes is 1. The third-order valence-electron chi connectivity index (χ3n) is 8.76. The summed E-state index contributed by atoms with van der Waals surface area (Å²) < 4.78 is 27.6. The van der Waals surface area contributed by atoms with Crippen LogP contribution >= 0.6 is 0 Å². The van der Waals surface area contributed by atoms with Gasteiger partial charge in [0.15, 0.2) is 17.9 Å². The molecule has 1 N–H and O–H groups in total. The van der Waals surface area contributed by atoms with Crippen LogP contribution in [-0.2, 0) is 28.7 Å². The largest absolute Gasteiger partial charge is 0.458 e. The Morgan fingerprint density at radius 3 is 2.42 bits per heavy atom. The molecule has 7 atom stereocenters. The topological polar surface area (TPSA) is 107 Å². The molecule has 0 aromatic heterocycles. The highest BCUT2D eigenvalue weighted by Crippen LogP contribution is 2.69. The van der Waals surface area contributed by atoms with E-state index in [1.165, 1.54) is 13.8 Å². The molecule has 1 unspecified atom stereocenters. The maximum Gasteiger partial charge on any atom is 0.303 e. The summed E-state index contributed by atoms with van der Waals surface area (Å²) in [6, 6.07) is 0. The monoisotopic (exact) mass is 464 g/mol. The van der Waals surface area contributed by atoms with Gasteiger partial charge in [-0.25, -0.2) is 4.39 Å². The number of hydrogen-bond donors (Lipinski definition) is 1. The average Bonchev–Trinajstić information content (AvgIpc) is 3.01. The Morgan fingerprint density at radius 1 is 1.18 bits per heavy atom. The summed E-state index contributed by atoms with van der Waals surface area (Å²) in [5.74, 6) is -0.846. The highest BCUT2D eigenvalue weighted by atomic mass is 19.1. The molecule has 3 saturated carbocycles. The van der Waals surface area contributed by atoms with Gasteiger partial charge in [-0.2, -0.15) is 0 Å². The van der Waals surface area contributed by atoms with Crippen LogP contribution in [0.25, 0.3) is 0 Å². The maximum absolute atomic E-state index is 17.0. The third kappa shape index (κ3) is 3.51. The Bertz CT molecular complexity index is 909. The molecule has 7 nitrogen and oxygen atoms in total. The Hall–Kier alpha value is -2.27. The van der Waals surface area contributed by atoms with Crippen molar-refractivity contribution < 1.29 is 38.1 Å². The molecule has 0 heterocycles. The predicted molar refractivity (Wildman–Crippen MR) is 115 cm³/mol. The summed E-state index contributed by atoms with van der Waals surface area (Å²) in [6.45, 7) is 5.06. The molecule has 3 fully saturated rings. The van der Waals surface area contributed by atoms with E-state index in [-0.39, 0.29) is 44.3 Å². The smallest absolute Gasteiger partial charge is 0.303 e. The highest BCUT2D eigenvalue weighted by Gasteiger charge is 2.76. The molecule has 0 aliphatic heterocycles. The van der Waals surface area contributed by atoms with Crippen LogP contribution in [-0.4, -0.2) is 52.6 Å². The van der Waals surface area contributed by atoms with Crippen LogP contribution < -0.4 is 0 Å². The summed E-state index contributed by atoms with van der Waals surface area (Å²) in [5, 5.41) is 11.3. The first-order valence-corrected chi connectivity index (χ1v) is 11.5. The molecular formula is C25H33FO7. The first-order chi connectivity index (χ1) is 15.3. The van der Waals surface area contributed by atoms with Crippen molar-refractivity contribution in [2.75, 3.05) is 6.61 Å². The fourth-order valence-corrected chi connectivity index (χ4v) is 7.14. The van der Waals surface area contributed by atoms with Crippen LogP contribution in [0.5, 0.6) is 0 Å². The second-order valence-corrected chi connectivity index (χ2v) is 10.3. The van der Waals surface area contributed by atoms with E-state index in [1.54, 1.807) is 13.8 Å². The number of carbonyl (C=O) groups excluding carboxylic acids is 4. The molecule has 0 aromatic carbocycles. The zero-order valence-corrected chi connectivity index (χ0v) is 19.7. The number of Topliss-reactive ketones (excluding diaryl/α,β-unsaturated/α-hetero) is 2. The van der Waals surface area contributed by atoms with E-state index >= 15 is 4.39 Å². The van der Waals surface area contributed by atoms with Gasteiger partial charge in [0.05, 0.1) is 11.5 Å². The van der Waals surface area contributed by atoms with Gasteiger partial charge < -0.3 is 14.6 Å². The normalized spacial score (nSPS) is 42.0. The molecule has 0 radical (unpaired) electrons. The molecule has 3 rings (SSSR count). The van der Waals surface area contributed by atoms with Crippen LogP contribution in [0.4, 0.5) is 4.39 Å². The summed E-state index contributed by atoms with van der Waals surface area (Å²) in [4.78, 5) is 49.6. The lowest BCUT2D eigenvalue weighted by molar-refractivity contribution is -0.236. The fraction of sp³-hybridized carbons (Fsp3) is 0.760. The quantitative estimate of drug-likeness (QED) is 0.476. The lowest BCUT2D eigenvalue weighted by atomic mass is 9.45. The van der Waals surface area contributed by atoms with E-state index in [2.05, 4.69) is 5.92 Å². The van der Waals surface area contributed by atoms with Crippen LogP contribution in [0.3, 0.4) is 0 Å². The molecule has 0 aromatic rings. The standard InChI is InChI=1S/C25H33FO7/c1-6-7-11-22(4)19(29)9-8-18-17-10-12-24(33-16(3)28,21(31)14-32-15(2)27)23(17,5)13-20(30)25(18,22)26/h1,17-18,20,30H,7-14H2,2-5H3/t17-,18-,20-,22-,23-,24-,25?/m0/s1. The van der Waals surface area contributed by atoms with Gasteiger partial charge >= 0.3 is 11.9 Å². The average molecular weight is 465 g/mol. The SMILES string of the molecule is C#CCC[C@@]1(C)C(=O)CC[C@H]2[C@@H]3CC[C@](OC(C)=O)(C(=O)COC(C)=O)[C@@]3(C)C[C@H](O)C21F. The Balaban J connectivity index is 2.08. The molecule has 0 saturated heterocycles. The minimum atomic E-state index is -2.21. The maximum atomic E-state index is 17.0. The lowest BCUT2D eigenvalue weighted by Crippen LogP contribution is -2.71. The number of carbonyl (C=O) groups is 4. The van der Waals surface area contributed by atoms with Gasteiger partial charge in [0, 0.05) is 38.0 Å². The van der Waals surface area contributed by atoms with Gasteiger partial charge in [0.1, 0.15) is 5.78 Å². The fourth-order valence-electron chi connectivity index (χ4n) is 7.14. The lowest BCUT2D eigenvalue weighted by Gasteiger charge is -2.61. The molecule has 0 bridgehead atoms. The van der Waals surface area contributed by atoms with Crippen LogP contribution in [0.15, 0.2) is 0 Å². The van der Waals surface area contributed by atoms with Crippen molar-refractivity contribution in [1.82, 2.24) is 0 Å². The van der Waals surface area contributed by atoms with Gasteiger partial charge in [-0.05, 0) is 44.9 Å². The summed E-state index contributed by atoms with van der Waals surface area (Å²) in [5.41, 5.74) is -6.41. The first kappa shape index (κ1) is 25.4. The van der Waals surface area contributed by atoms with E-state index in [9.17, 15) is 24.3 Å². The van der Waals surface area contributed by atoms with Crippen LogP contribution in [0, 0.1) is 35.0 Å². The molecule has 0 amide bonds. The van der Waals surface area contributed by atoms with E-state index < -0.39 is 64.4 Å². The first-order valence-electron chi connectivity index (χ1n) is 11.5. The Labute approximate surface area is 193 Å². The predicted octanol–water partition coefficient (Wildman–Crippen LogP) is 2.71. The number of halogens is 1. The number of esters is 2. The molecular weight excluding hydrogens is 431 g/mol. The van der Waals surface area contributed by atoms with E-state index in [0.29, 0.717) is 6.42 Å². The zero-order chi connectivity index (χ0) is 24.8. The number of ketones is 2. The minimum Gasteiger partial charge on any atom is -0.458 e. The summed E-state index contributed by atoms with van der Waals surface area (Å²) in [6.07, 6.45) is 4.86. The summed E-state index contributed by atoms with van der Waals surface area (Å²) in [7, 11) is 0. The molecule has 3 aliphatic rings. The highest BCUT2D eigenvalue weighted by molar-refractivity contribution is 5.93. The molecule has 33 heavy (non-hydrogen) atoms. The van der Waals surface area contributed by atoms with E-state index in [1.807, 2.05) is 0 Å². The van der Waals surface area contributed by atoms with Crippen LogP contribution in [0.2, 0.25) is 0 Å². The van der Waals surface area contributed by atoms with Crippen molar-refractivity contribution in [3.05, 3.63) is 0 Å². The number of alkyl halides is 1. The number of aliphatic hydroxyl groups excluding tert-OH is 1. The minimum absolute atomic E-state index is 0.121. The number of hydrogen-bond acceptors (Lipinski definition) is 7. The van der Waals surface area contributed by atoms with Gasteiger partial charge in [0.25, 0.3) is 0 Å². The molecule has 3 aliphatic carbocycles. The van der Waals surface area contributed by atoms with Crippen molar-refractivity contribution in [3.8, 4) is 12.3 Å². The van der Waals surface area contributed by atoms with E-state index in [0.717, 1.165) is 0 Å². The number of fused-ring (bicyclic) bond motifs is 3. The van der Waals surface area contributed by atoms with Gasteiger partial charge in [-0.15, -0.1) is 12.3 Å². The second-order valence-electron chi connectivity index (χ2n) is 10.3. The van der Waals surface area contributed by atoms with Crippen molar-refractivity contribution in [2.24, 2.45) is 22.7 Å². The van der Waals surface area contributed by atoms with E-state index in [4.69, 9.17) is 15.9 Å². The molecule has 182 valence electrons. The van der Waals surface area contributed by atoms with Gasteiger partial charge in [0.2, 0.25) is 5.78 Å². The zero-order valence-electron chi connectivity index (χ0n) is 19.7. The Morgan fingerprint density at radius 2 is 1.85 bits per heavy atom. The number of aliphatic hydroxyl groups is 1. The second kappa shape index (κ2) is 8.50. The van der Waals surface area contributed by atoms with Crippen molar-refractivity contribution >= 4 is 23.5 Å². The van der Waals surface area contributed by atoms with Crippen molar-refractivity contribution in [1.29, 1.82) is 0 Å². The van der Waals surface area contributed by atoms with Crippen LogP contribution in [0.1, 0.15) is 72.6 Å². The Kier molecular flexibility index (Phi) is 6.53. The molecule has 0 spiro atoms. The van der Waals surface area contributed by atoms with Crippen molar-refractivity contribution in [3.63, 3.8) is 0 Å². The van der Waals surface area contributed by atoms with Gasteiger partial charge in [-0.1, -0.05) is 6.92 Å².